The second-order valence-electron chi connectivity index (χ2n) is 5.71. The van der Waals surface area contributed by atoms with Crippen molar-refractivity contribution in [3.8, 4) is 5.75 Å². The van der Waals surface area contributed by atoms with Crippen molar-refractivity contribution in [2.24, 2.45) is 0 Å². The SMILES string of the molecule is CCOc1ccc(CC(=O)NC(CC(=O)OC)c2ccc(Cl)cc2)cc1. The molecule has 0 spiro atoms. The van der Waals surface area contributed by atoms with Crippen molar-refractivity contribution < 1.29 is 19.1 Å². The van der Waals surface area contributed by atoms with Crippen LogP contribution < -0.4 is 10.1 Å². The molecule has 0 saturated heterocycles. The van der Waals surface area contributed by atoms with Gasteiger partial charge in [0.15, 0.2) is 0 Å². The zero-order chi connectivity index (χ0) is 18.9. The number of methoxy groups -OCH3 is 1. The van der Waals surface area contributed by atoms with Crippen molar-refractivity contribution in [2.45, 2.75) is 25.8 Å². The average Bonchev–Trinajstić information content (AvgIpc) is 2.63. The third kappa shape index (κ3) is 6.08. The van der Waals surface area contributed by atoms with Gasteiger partial charge >= 0.3 is 5.97 Å². The molecule has 1 unspecified atom stereocenters. The van der Waals surface area contributed by atoms with E-state index >= 15 is 0 Å². The highest BCUT2D eigenvalue weighted by atomic mass is 35.5. The van der Waals surface area contributed by atoms with E-state index in [1.54, 1.807) is 24.3 Å². The number of ether oxygens (including phenoxy) is 2. The van der Waals surface area contributed by atoms with Gasteiger partial charge in [-0.25, -0.2) is 0 Å². The first kappa shape index (κ1) is 19.8. The van der Waals surface area contributed by atoms with Crippen LogP contribution in [0.15, 0.2) is 48.5 Å². The summed E-state index contributed by atoms with van der Waals surface area (Å²) in [5, 5.41) is 3.48. The van der Waals surface area contributed by atoms with Crippen molar-refractivity contribution in [3.05, 3.63) is 64.7 Å². The Morgan fingerprint density at radius 3 is 2.31 bits per heavy atom. The molecule has 5 nitrogen and oxygen atoms in total. The number of amides is 1. The first-order valence-corrected chi connectivity index (χ1v) is 8.73. The van der Waals surface area contributed by atoms with E-state index in [-0.39, 0.29) is 18.7 Å². The van der Waals surface area contributed by atoms with Gasteiger partial charge in [0, 0.05) is 5.02 Å². The third-order valence-electron chi connectivity index (χ3n) is 3.81. The Hall–Kier alpha value is -2.53. The summed E-state index contributed by atoms with van der Waals surface area (Å²) in [4.78, 5) is 24.1. The Balaban J connectivity index is 2.05. The maximum Gasteiger partial charge on any atom is 0.307 e. The summed E-state index contributed by atoms with van der Waals surface area (Å²) in [6.45, 7) is 2.51. The first-order valence-electron chi connectivity index (χ1n) is 8.35. The predicted octanol–water partition coefficient (Wildman–Crippen LogP) is 3.70. The van der Waals surface area contributed by atoms with E-state index in [2.05, 4.69) is 5.32 Å². The van der Waals surface area contributed by atoms with Crippen molar-refractivity contribution in [3.63, 3.8) is 0 Å². The van der Waals surface area contributed by atoms with Gasteiger partial charge < -0.3 is 14.8 Å². The molecule has 2 rings (SSSR count). The molecule has 26 heavy (non-hydrogen) atoms. The molecule has 0 saturated carbocycles. The predicted molar refractivity (Wildman–Crippen MR) is 100 cm³/mol. The molecule has 138 valence electrons. The van der Waals surface area contributed by atoms with Gasteiger partial charge in [0.25, 0.3) is 0 Å². The maximum absolute atomic E-state index is 12.4. The monoisotopic (exact) mass is 375 g/mol. The van der Waals surface area contributed by atoms with Gasteiger partial charge in [-0.3, -0.25) is 9.59 Å². The summed E-state index contributed by atoms with van der Waals surface area (Å²) in [6, 6.07) is 13.9. The largest absolute Gasteiger partial charge is 0.494 e. The fourth-order valence-corrected chi connectivity index (χ4v) is 2.62. The number of carbonyl (C=O) groups is 2. The number of hydrogen-bond donors (Lipinski definition) is 1. The Bertz CT molecular complexity index is 728. The lowest BCUT2D eigenvalue weighted by Crippen LogP contribution is -2.31. The topological polar surface area (TPSA) is 64.6 Å². The minimum absolute atomic E-state index is 0.0488. The van der Waals surface area contributed by atoms with E-state index in [1.807, 2.05) is 31.2 Å². The highest BCUT2D eigenvalue weighted by molar-refractivity contribution is 6.30. The van der Waals surface area contributed by atoms with E-state index in [4.69, 9.17) is 21.1 Å². The average molecular weight is 376 g/mol. The molecule has 0 aliphatic carbocycles. The maximum atomic E-state index is 12.4. The molecule has 1 N–H and O–H groups in total. The van der Waals surface area contributed by atoms with Crippen LogP contribution in [0.4, 0.5) is 0 Å². The number of esters is 1. The third-order valence-corrected chi connectivity index (χ3v) is 4.06. The Kier molecular flexibility index (Phi) is 7.48. The van der Waals surface area contributed by atoms with Crippen molar-refractivity contribution >= 4 is 23.5 Å². The molecule has 1 amide bonds. The molecular formula is C20H22ClNO4. The molecular weight excluding hydrogens is 354 g/mol. The van der Waals surface area contributed by atoms with Gasteiger partial charge in [-0.05, 0) is 42.3 Å². The number of halogens is 1. The van der Waals surface area contributed by atoms with E-state index in [9.17, 15) is 9.59 Å². The van der Waals surface area contributed by atoms with Crippen LogP contribution in [0.25, 0.3) is 0 Å². The normalized spacial score (nSPS) is 11.5. The summed E-state index contributed by atoms with van der Waals surface area (Å²) >= 11 is 5.91. The van der Waals surface area contributed by atoms with Crippen molar-refractivity contribution in [2.75, 3.05) is 13.7 Å². The summed E-state index contributed by atoms with van der Waals surface area (Å²) in [6.07, 6.45) is 0.255. The molecule has 1 atom stereocenters. The highest BCUT2D eigenvalue weighted by Crippen LogP contribution is 2.20. The molecule has 0 aromatic heterocycles. The fourth-order valence-electron chi connectivity index (χ4n) is 2.50. The van der Waals surface area contributed by atoms with E-state index in [1.165, 1.54) is 7.11 Å². The lowest BCUT2D eigenvalue weighted by molar-refractivity contribution is -0.141. The van der Waals surface area contributed by atoms with Crippen LogP contribution in [0.3, 0.4) is 0 Å². The molecule has 0 radical (unpaired) electrons. The molecule has 0 bridgehead atoms. The first-order chi connectivity index (χ1) is 12.5. The summed E-state index contributed by atoms with van der Waals surface area (Å²) in [7, 11) is 1.32. The van der Waals surface area contributed by atoms with Gasteiger partial charge in [-0.2, -0.15) is 0 Å². The number of rotatable bonds is 8. The smallest absolute Gasteiger partial charge is 0.307 e. The minimum atomic E-state index is -0.477. The van der Waals surface area contributed by atoms with E-state index in [0.29, 0.717) is 11.6 Å². The minimum Gasteiger partial charge on any atom is -0.494 e. The lowest BCUT2D eigenvalue weighted by atomic mass is 10.0. The van der Waals surface area contributed by atoms with Gasteiger partial charge in [0.1, 0.15) is 5.75 Å². The summed E-state index contributed by atoms with van der Waals surface area (Å²) in [5.74, 6) is 0.186. The van der Waals surface area contributed by atoms with Crippen LogP contribution in [0.5, 0.6) is 5.75 Å². The van der Waals surface area contributed by atoms with E-state index in [0.717, 1.165) is 16.9 Å². The number of carbonyl (C=O) groups excluding carboxylic acids is 2. The summed E-state index contributed by atoms with van der Waals surface area (Å²) in [5.41, 5.74) is 1.65. The number of benzene rings is 2. The zero-order valence-electron chi connectivity index (χ0n) is 14.8. The van der Waals surface area contributed by atoms with Crippen LogP contribution in [0, 0.1) is 0 Å². The van der Waals surface area contributed by atoms with Gasteiger partial charge in [0.2, 0.25) is 5.91 Å². The van der Waals surface area contributed by atoms with Crippen LogP contribution in [-0.4, -0.2) is 25.6 Å². The second kappa shape index (κ2) is 9.82. The van der Waals surface area contributed by atoms with E-state index < -0.39 is 12.0 Å². The highest BCUT2D eigenvalue weighted by Gasteiger charge is 2.19. The van der Waals surface area contributed by atoms with Gasteiger partial charge in [0.05, 0.1) is 32.6 Å². The van der Waals surface area contributed by atoms with Crippen LogP contribution >= 0.6 is 11.6 Å². The second-order valence-corrected chi connectivity index (χ2v) is 6.14. The van der Waals surface area contributed by atoms with Crippen molar-refractivity contribution in [1.29, 1.82) is 0 Å². The molecule has 0 aliphatic heterocycles. The molecule has 6 heteroatoms. The standard InChI is InChI=1S/C20H22ClNO4/c1-3-26-17-10-4-14(5-11-17)12-19(23)22-18(13-20(24)25-2)15-6-8-16(21)9-7-15/h4-11,18H,3,12-13H2,1-2H3,(H,22,23). The van der Waals surface area contributed by atoms with Crippen LogP contribution in [-0.2, 0) is 20.7 Å². The van der Waals surface area contributed by atoms with Crippen LogP contribution in [0.2, 0.25) is 5.02 Å². The Labute approximate surface area is 158 Å². The quantitative estimate of drug-likeness (QED) is 0.714. The molecule has 2 aromatic carbocycles. The van der Waals surface area contributed by atoms with Gasteiger partial charge in [-0.15, -0.1) is 0 Å². The number of hydrogen-bond acceptors (Lipinski definition) is 4. The lowest BCUT2D eigenvalue weighted by Gasteiger charge is -2.18. The molecule has 0 aliphatic rings. The zero-order valence-corrected chi connectivity index (χ0v) is 15.6. The molecule has 0 fully saturated rings. The Morgan fingerprint density at radius 2 is 1.73 bits per heavy atom. The van der Waals surface area contributed by atoms with Crippen LogP contribution in [0.1, 0.15) is 30.5 Å². The van der Waals surface area contributed by atoms with Crippen molar-refractivity contribution in [1.82, 2.24) is 5.32 Å². The molecule has 0 heterocycles. The van der Waals surface area contributed by atoms with Gasteiger partial charge in [-0.1, -0.05) is 35.9 Å². The molecule has 2 aromatic rings. The fraction of sp³-hybridized carbons (Fsp3) is 0.300. The Morgan fingerprint density at radius 1 is 1.08 bits per heavy atom. The number of nitrogens with one attached hydrogen (secondary N) is 1. The summed E-state index contributed by atoms with van der Waals surface area (Å²) < 4.78 is 10.1.